The van der Waals surface area contributed by atoms with Gasteiger partial charge in [0.05, 0.1) is 6.61 Å². The molecule has 0 atom stereocenters. The zero-order valence-corrected chi connectivity index (χ0v) is 5.53. The molecule has 46 valence electrons. The van der Waals surface area contributed by atoms with Gasteiger partial charge in [-0.15, -0.1) is 12.4 Å². The summed E-state index contributed by atoms with van der Waals surface area (Å²) in [5.74, 6) is 0. The first-order valence-electron chi connectivity index (χ1n) is 2.03. The van der Waals surface area contributed by atoms with Crippen molar-refractivity contribution in [3.05, 3.63) is 0 Å². The van der Waals surface area contributed by atoms with E-state index >= 15 is 0 Å². The number of hydrogen-bond acceptors (Lipinski definition) is 2. The summed E-state index contributed by atoms with van der Waals surface area (Å²) in [5, 5.41) is 8.20. The first kappa shape index (κ1) is 10.2. The van der Waals surface area contributed by atoms with Gasteiger partial charge in [-0.2, -0.15) is 0 Å². The number of aliphatic hydroxyl groups is 1. The van der Waals surface area contributed by atoms with E-state index in [9.17, 15) is 0 Å². The van der Waals surface area contributed by atoms with Gasteiger partial charge >= 0.3 is 0 Å². The molecule has 0 aliphatic heterocycles. The topological polar surface area (TPSA) is 23.5 Å². The number of hydrogen-bond donors (Lipinski definition) is 1. The fraction of sp³-hybridized carbons (Fsp3) is 1.00. The summed E-state index contributed by atoms with van der Waals surface area (Å²) in [6.45, 7) is 1.02. The Morgan fingerprint density at radius 2 is 1.86 bits per heavy atom. The lowest BCUT2D eigenvalue weighted by Gasteiger charge is -2.03. The molecule has 0 amide bonds. The Kier molecular flexibility index (Phi) is 9.09. The predicted octanol–water partition coefficient (Wildman–Crippen LogP) is -0.0379. The second-order valence-electron chi connectivity index (χ2n) is 1.53. The number of aliphatic hydroxyl groups excluding tert-OH is 1. The van der Waals surface area contributed by atoms with Gasteiger partial charge in [0.2, 0.25) is 0 Å². The van der Waals surface area contributed by atoms with Gasteiger partial charge in [0.15, 0.2) is 0 Å². The molecule has 0 aliphatic carbocycles. The lowest BCUT2D eigenvalue weighted by Crippen LogP contribution is -2.15. The molecule has 3 heteroatoms. The second kappa shape index (κ2) is 6.21. The highest BCUT2D eigenvalue weighted by molar-refractivity contribution is 5.85. The molecule has 0 spiro atoms. The third kappa shape index (κ3) is 10.7. The van der Waals surface area contributed by atoms with Gasteiger partial charge in [0, 0.05) is 6.54 Å². The molecule has 2 nitrogen and oxygen atoms in total. The summed E-state index contributed by atoms with van der Waals surface area (Å²) in [6.07, 6.45) is 0. The van der Waals surface area contributed by atoms with Crippen molar-refractivity contribution < 1.29 is 5.11 Å². The van der Waals surface area contributed by atoms with E-state index in [4.69, 9.17) is 5.11 Å². The van der Waals surface area contributed by atoms with Crippen molar-refractivity contribution in [3.8, 4) is 0 Å². The van der Waals surface area contributed by atoms with Gasteiger partial charge in [-0.3, -0.25) is 0 Å². The average molecular weight is 126 g/mol. The lowest BCUT2D eigenvalue weighted by atomic mass is 10.6. The van der Waals surface area contributed by atoms with Crippen LogP contribution in [0.15, 0.2) is 0 Å². The summed E-state index contributed by atoms with van der Waals surface area (Å²) in [7, 11) is 3.85. The van der Waals surface area contributed by atoms with Crippen molar-refractivity contribution in [2.75, 3.05) is 27.2 Å². The Balaban J connectivity index is 0. The Morgan fingerprint density at radius 1 is 1.43 bits per heavy atom. The smallest absolute Gasteiger partial charge is 0.0558 e. The zero-order valence-electron chi connectivity index (χ0n) is 4.72. The Labute approximate surface area is 50.5 Å². The molecule has 0 unspecified atom stereocenters. The van der Waals surface area contributed by atoms with Crippen LogP contribution in [0.2, 0.25) is 0 Å². The fourth-order valence-corrected chi connectivity index (χ4v) is 0.200. The highest BCUT2D eigenvalue weighted by Gasteiger charge is 1.80. The molecule has 0 aromatic rings. The van der Waals surface area contributed by atoms with Crippen LogP contribution < -0.4 is 0 Å². The van der Waals surface area contributed by atoms with Gasteiger partial charge in [0.25, 0.3) is 0 Å². The number of nitrogens with zero attached hydrogens (tertiary/aromatic N) is 1. The van der Waals surface area contributed by atoms with Gasteiger partial charge in [-0.05, 0) is 14.1 Å². The summed E-state index contributed by atoms with van der Waals surface area (Å²) >= 11 is 0. The van der Waals surface area contributed by atoms with Crippen molar-refractivity contribution in [2.45, 2.75) is 0 Å². The summed E-state index contributed by atoms with van der Waals surface area (Å²) < 4.78 is 0. The zero-order chi connectivity index (χ0) is 4.99. The van der Waals surface area contributed by atoms with E-state index in [1.54, 1.807) is 0 Å². The molecule has 1 N–H and O–H groups in total. The largest absolute Gasteiger partial charge is 0.395 e. The average Bonchev–Trinajstić information content (AvgIpc) is 1.35. The third-order valence-corrected chi connectivity index (χ3v) is 0.547. The number of rotatable bonds is 2. The normalized spacial score (nSPS) is 8.57. The molecule has 0 bridgehead atoms. The molecule has 0 aromatic carbocycles. The Hall–Kier alpha value is 0.210. The SMILES string of the molecule is CN(C)CCO.Cl. The first-order chi connectivity index (χ1) is 2.77. The highest BCUT2D eigenvalue weighted by Crippen LogP contribution is 1.66. The standard InChI is InChI=1S/C4H11NO.ClH/c1-5(2)3-4-6;/h6H,3-4H2,1-2H3;1H. The highest BCUT2D eigenvalue weighted by atomic mass is 35.5. The minimum absolute atomic E-state index is 0. The van der Waals surface area contributed by atoms with Crippen molar-refractivity contribution in [1.82, 2.24) is 4.90 Å². The maximum Gasteiger partial charge on any atom is 0.0558 e. The Morgan fingerprint density at radius 3 is 1.86 bits per heavy atom. The van der Waals surface area contributed by atoms with Crippen LogP contribution >= 0.6 is 12.4 Å². The fourth-order valence-electron chi connectivity index (χ4n) is 0.200. The van der Waals surface area contributed by atoms with Crippen molar-refractivity contribution in [2.24, 2.45) is 0 Å². The molecule has 0 aliphatic rings. The van der Waals surface area contributed by atoms with Crippen LogP contribution in [0.5, 0.6) is 0 Å². The molecule has 0 heterocycles. The maximum absolute atomic E-state index is 8.20. The minimum atomic E-state index is 0. The van der Waals surface area contributed by atoms with E-state index in [0.717, 1.165) is 6.54 Å². The Bertz CT molecular complexity index is 32.9. The van der Waals surface area contributed by atoms with Crippen LogP contribution in [-0.4, -0.2) is 37.3 Å². The maximum atomic E-state index is 8.20. The summed E-state index contributed by atoms with van der Waals surface area (Å²) in [6, 6.07) is 0. The van der Waals surface area contributed by atoms with Crippen LogP contribution in [0.4, 0.5) is 0 Å². The molecule has 0 saturated heterocycles. The summed E-state index contributed by atoms with van der Waals surface area (Å²) in [4.78, 5) is 1.93. The van der Waals surface area contributed by atoms with E-state index in [2.05, 4.69) is 0 Å². The number of halogens is 1. The molecule has 0 rings (SSSR count). The van der Waals surface area contributed by atoms with E-state index in [0.29, 0.717) is 0 Å². The first-order valence-corrected chi connectivity index (χ1v) is 2.03. The van der Waals surface area contributed by atoms with Crippen LogP contribution in [0.25, 0.3) is 0 Å². The molecular formula is C4H12ClNO. The number of likely N-dealkylation sites (N-methyl/N-ethyl adjacent to an activating group) is 1. The summed E-state index contributed by atoms with van der Waals surface area (Å²) in [5.41, 5.74) is 0. The quantitative estimate of drug-likeness (QED) is 0.560. The monoisotopic (exact) mass is 125 g/mol. The van der Waals surface area contributed by atoms with Gasteiger partial charge < -0.3 is 10.0 Å². The predicted molar refractivity (Wildman–Crippen MR) is 32.9 cm³/mol. The third-order valence-electron chi connectivity index (χ3n) is 0.547. The molecule has 0 radical (unpaired) electrons. The van der Waals surface area contributed by atoms with E-state index < -0.39 is 0 Å². The second-order valence-corrected chi connectivity index (χ2v) is 1.53. The van der Waals surface area contributed by atoms with Gasteiger partial charge in [0.1, 0.15) is 0 Å². The molecule has 7 heavy (non-hydrogen) atoms. The lowest BCUT2D eigenvalue weighted by molar-refractivity contribution is 0.243. The van der Waals surface area contributed by atoms with Crippen molar-refractivity contribution in [3.63, 3.8) is 0 Å². The van der Waals surface area contributed by atoms with Crippen LogP contribution in [-0.2, 0) is 0 Å². The minimum Gasteiger partial charge on any atom is -0.395 e. The molecule has 0 saturated carbocycles. The van der Waals surface area contributed by atoms with Gasteiger partial charge in [-0.25, -0.2) is 0 Å². The molecular weight excluding hydrogens is 114 g/mol. The van der Waals surface area contributed by atoms with Gasteiger partial charge in [-0.1, -0.05) is 0 Å². The van der Waals surface area contributed by atoms with Crippen LogP contribution in [0.3, 0.4) is 0 Å². The molecule has 0 fully saturated rings. The van der Waals surface area contributed by atoms with Crippen LogP contribution in [0, 0.1) is 0 Å². The van der Waals surface area contributed by atoms with Crippen molar-refractivity contribution >= 4 is 12.4 Å². The van der Waals surface area contributed by atoms with E-state index in [1.807, 2.05) is 19.0 Å². The van der Waals surface area contributed by atoms with E-state index in [1.165, 1.54) is 0 Å². The van der Waals surface area contributed by atoms with E-state index in [-0.39, 0.29) is 19.0 Å². The van der Waals surface area contributed by atoms with Crippen LogP contribution in [0.1, 0.15) is 0 Å². The van der Waals surface area contributed by atoms with Crippen molar-refractivity contribution in [1.29, 1.82) is 0 Å². The molecule has 0 aromatic heterocycles.